The van der Waals surface area contributed by atoms with Crippen molar-refractivity contribution in [1.29, 1.82) is 0 Å². The molecule has 2 rings (SSSR count). The fourth-order valence-corrected chi connectivity index (χ4v) is 3.44. The van der Waals surface area contributed by atoms with Crippen molar-refractivity contribution in [2.45, 2.75) is 45.4 Å². The number of anilines is 2. The molecule has 6 nitrogen and oxygen atoms in total. The van der Waals surface area contributed by atoms with Crippen molar-refractivity contribution in [3.05, 3.63) is 52.5 Å². The van der Waals surface area contributed by atoms with Gasteiger partial charge < -0.3 is 15.4 Å². The first-order valence-corrected chi connectivity index (χ1v) is 11.6. The molecular formula is C24H31Cl2N3O3. The van der Waals surface area contributed by atoms with Crippen molar-refractivity contribution in [2.24, 2.45) is 0 Å². The largest absolute Gasteiger partial charge is 0.497 e. The Labute approximate surface area is 200 Å². The van der Waals surface area contributed by atoms with Gasteiger partial charge >= 0.3 is 6.03 Å². The highest BCUT2D eigenvalue weighted by molar-refractivity contribution is 6.42. The standard InChI is InChI=1S/C24H31Cl2N3O3/c1-3-4-5-6-8-23(30)27-15-7-16-29(19-10-12-20(32-2)13-11-19)24(31)28-18-9-14-21(25)22(26)17-18/h9-14,17H,3-8,15-16H2,1-2H3,(H,27,30)(H,28,31). The summed E-state index contributed by atoms with van der Waals surface area (Å²) in [6, 6.07) is 11.9. The third kappa shape index (κ3) is 8.60. The van der Waals surface area contributed by atoms with Gasteiger partial charge in [-0.1, -0.05) is 49.4 Å². The second-order valence-electron chi connectivity index (χ2n) is 7.42. The lowest BCUT2D eigenvalue weighted by atomic mass is 10.1. The first kappa shape index (κ1) is 25.8. The van der Waals surface area contributed by atoms with Crippen LogP contribution in [-0.4, -0.2) is 32.1 Å². The van der Waals surface area contributed by atoms with Crippen LogP contribution in [0.5, 0.6) is 5.75 Å². The predicted octanol–water partition coefficient (Wildman–Crippen LogP) is 6.52. The van der Waals surface area contributed by atoms with Crippen LogP contribution in [0.1, 0.15) is 45.4 Å². The maximum Gasteiger partial charge on any atom is 0.326 e. The molecule has 0 heterocycles. The van der Waals surface area contributed by atoms with E-state index in [-0.39, 0.29) is 11.9 Å². The Morgan fingerprint density at radius 2 is 1.72 bits per heavy atom. The Hall–Kier alpha value is -2.44. The third-order valence-electron chi connectivity index (χ3n) is 4.94. The van der Waals surface area contributed by atoms with Crippen LogP contribution >= 0.6 is 23.2 Å². The molecule has 0 unspecified atom stereocenters. The summed E-state index contributed by atoms with van der Waals surface area (Å²) in [7, 11) is 1.59. The molecule has 0 atom stereocenters. The third-order valence-corrected chi connectivity index (χ3v) is 5.68. The number of rotatable bonds is 12. The summed E-state index contributed by atoms with van der Waals surface area (Å²) in [4.78, 5) is 26.6. The number of nitrogens with one attached hydrogen (secondary N) is 2. The summed E-state index contributed by atoms with van der Waals surface area (Å²) in [6.07, 6.45) is 5.43. The molecule has 174 valence electrons. The quantitative estimate of drug-likeness (QED) is 0.340. The summed E-state index contributed by atoms with van der Waals surface area (Å²) >= 11 is 12.0. The van der Waals surface area contributed by atoms with Gasteiger partial charge in [-0.3, -0.25) is 9.69 Å². The normalized spacial score (nSPS) is 10.5. The maximum atomic E-state index is 13.0. The molecule has 0 radical (unpaired) electrons. The van der Waals surface area contributed by atoms with Gasteiger partial charge in [0.2, 0.25) is 5.91 Å². The van der Waals surface area contributed by atoms with Crippen LogP contribution in [0.4, 0.5) is 16.2 Å². The first-order valence-electron chi connectivity index (χ1n) is 10.9. The molecule has 0 aliphatic rings. The lowest BCUT2D eigenvalue weighted by molar-refractivity contribution is -0.121. The number of urea groups is 1. The lowest BCUT2D eigenvalue weighted by Gasteiger charge is -2.24. The number of nitrogens with zero attached hydrogens (tertiary/aromatic N) is 1. The number of benzene rings is 2. The van der Waals surface area contributed by atoms with E-state index in [0.29, 0.717) is 53.1 Å². The topological polar surface area (TPSA) is 70.7 Å². The summed E-state index contributed by atoms with van der Waals surface area (Å²) in [6.45, 7) is 3.07. The molecule has 0 fully saturated rings. The predicted molar refractivity (Wildman–Crippen MR) is 132 cm³/mol. The smallest absolute Gasteiger partial charge is 0.326 e. The van der Waals surface area contributed by atoms with Gasteiger partial charge in [0.25, 0.3) is 0 Å². The highest BCUT2D eigenvalue weighted by atomic mass is 35.5. The van der Waals surface area contributed by atoms with E-state index in [1.807, 2.05) is 12.1 Å². The zero-order valence-electron chi connectivity index (χ0n) is 18.6. The van der Waals surface area contributed by atoms with Crippen LogP contribution < -0.4 is 20.3 Å². The van der Waals surface area contributed by atoms with E-state index in [1.54, 1.807) is 42.3 Å². The molecule has 8 heteroatoms. The second-order valence-corrected chi connectivity index (χ2v) is 8.24. The van der Waals surface area contributed by atoms with Crippen molar-refractivity contribution in [1.82, 2.24) is 5.32 Å². The highest BCUT2D eigenvalue weighted by Crippen LogP contribution is 2.26. The van der Waals surface area contributed by atoms with E-state index in [9.17, 15) is 9.59 Å². The number of unbranched alkanes of at least 4 members (excludes halogenated alkanes) is 3. The second kappa shape index (κ2) is 13.9. The number of amides is 3. The van der Waals surface area contributed by atoms with Gasteiger partial charge in [-0.15, -0.1) is 0 Å². The molecule has 0 aliphatic carbocycles. The maximum absolute atomic E-state index is 13.0. The van der Waals surface area contributed by atoms with Gasteiger partial charge in [0, 0.05) is 30.9 Å². The minimum absolute atomic E-state index is 0.0531. The molecule has 0 aliphatic heterocycles. The van der Waals surface area contributed by atoms with Crippen LogP contribution in [0.3, 0.4) is 0 Å². The SMILES string of the molecule is CCCCCCC(=O)NCCCN(C(=O)Nc1ccc(Cl)c(Cl)c1)c1ccc(OC)cc1. The average Bonchev–Trinajstić information content (AvgIpc) is 2.79. The fraction of sp³-hybridized carbons (Fsp3) is 0.417. The van der Waals surface area contributed by atoms with Crippen molar-refractivity contribution >= 4 is 46.5 Å². The summed E-state index contributed by atoms with van der Waals surface area (Å²) in [5, 5.41) is 6.57. The van der Waals surface area contributed by atoms with Gasteiger partial charge in [0.05, 0.1) is 17.2 Å². The molecule has 2 aromatic rings. The number of hydrogen-bond donors (Lipinski definition) is 2. The van der Waals surface area contributed by atoms with Crippen molar-refractivity contribution in [3.63, 3.8) is 0 Å². The van der Waals surface area contributed by atoms with Crippen LogP contribution in [-0.2, 0) is 4.79 Å². The summed E-state index contributed by atoms with van der Waals surface area (Å²) in [5.41, 5.74) is 1.26. The van der Waals surface area contributed by atoms with E-state index in [1.165, 1.54) is 0 Å². The van der Waals surface area contributed by atoms with Crippen molar-refractivity contribution in [2.75, 3.05) is 30.4 Å². The minimum Gasteiger partial charge on any atom is -0.497 e. The Morgan fingerprint density at radius 1 is 0.969 bits per heavy atom. The molecule has 0 aromatic heterocycles. The van der Waals surface area contributed by atoms with Gasteiger partial charge in [0.1, 0.15) is 5.75 Å². The molecule has 0 bridgehead atoms. The van der Waals surface area contributed by atoms with E-state index < -0.39 is 0 Å². The van der Waals surface area contributed by atoms with E-state index in [0.717, 1.165) is 25.7 Å². The fourth-order valence-electron chi connectivity index (χ4n) is 3.14. The molecule has 32 heavy (non-hydrogen) atoms. The van der Waals surface area contributed by atoms with E-state index in [2.05, 4.69) is 17.6 Å². The van der Waals surface area contributed by atoms with E-state index >= 15 is 0 Å². The summed E-state index contributed by atoms with van der Waals surface area (Å²) < 4.78 is 5.21. The van der Waals surface area contributed by atoms with E-state index in [4.69, 9.17) is 27.9 Å². The number of carbonyl (C=O) groups is 2. The van der Waals surface area contributed by atoms with Crippen molar-refractivity contribution < 1.29 is 14.3 Å². The number of carbonyl (C=O) groups excluding carboxylic acids is 2. The van der Waals surface area contributed by atoms with Gasteiger partial charge in [0.15, 0.2) is 0 Å². The minimum atomic E-state index is -0.306. The Balaban J connectivity index is 1.97. The van der Waals surface area contributed by atoms with Gasteiger partial charge in [-0.2, -0.15) is 0 Å². The Bertz CT molecular complexity index is 875. The van der Waals surface area contributed by atoms with Crippen LogP contribution in [0.15, 0.2) is 42.5 Å². The zero-order chi connectivity index (χ0) is 23.3. The monoisotopic (exact) mass is 479 g/mol. The molecule has 2 aromatic carbocycles. The zero-order valence-corrected chi connectivity index (χ0v) is 20.1. The van der Waals surface area contributed by atoms with Gasteiger partial charge in [-0.05, 0) is 55.3 Å². The molecule has 2 N–H and O–H groups in total. The molecule has 3 amide bonds. The van der Waals surface area contributed by atoms with Crippen LogP contribution in [0.25, 0.3) is 0 Å². The van der Waals surface area contributed by atoms with Crippen molar-refractivity contribution in [3.8, 4) is 5.75 Å². The molecule has 0 saturated carbocycles. The number of halogens is 2. The average molecular weight is 480 g/mol. The number of ether oxygens (including phenoxy) is 1. The highest BCUT2D eigenvalue weighted by Gasteiger charge is 2.16. The number of hydrogen-bond acceptors (Lipinski definition) is 3. The lowest BCUT2D eigenvalue weighted by Crippen LogP contribution is -2.37. The number of methoxy groups -OCH3 is 1. The molecular weight excluding hydrogens is 449 g/mol. The Kier molecular flexibility index (Phi) is 11.2. The van der Waals surface area contributed by atoms with Gasteiger partial charge in [-0.25, -0.2) is 4.79 Å². The Morgan fingerprint density at radius 3 is 2.38 bits per heavy atom. The molecule has 0 saturated heterocycles. The van der Waals surface area contributed by atoms with Crippen LogP contribution in [0.2, 0.25) is 10.0 Å². The summed E-state index contributed by atoms with van der Waals surface area (Å²) in [5.74, 6) is 0.756. The molecule has 0 spiro atoms. The van der Waals surface area contributed by atoms with Crippen LogP contribution in [0, 0.1) is 0 Å². The first-order chi connectivity index (χ1) is 15.4.